The van der Waals surface area contributed by atoms with Gasteiger partial charge in [0, 0.05) is 82.3 Å². The zero-order valence-corrected chi connectivity index (χ0v) is 54.2. The second-order valence-corrected chi connectivity index (χ2v) is 24.2. The van der Waals surface area contributed by atoms with Gasteiger partial charge in [-0.15, -0.1) is 12.8 Å². The van der Waals surface area contributed by atoms with Crippen molar-refractivity contribution < 1.29 is 45.6 Å². The van der Waals surface area contributed by atoms with Gasteiger partial charge in [-0.3, -0.25) is 0 Å². The van der Waals surface area contributed by atoms with Crippen molar-refractivity contribution in [2.24, 2.45) is 0 Å². The molecule has 12 aromatic carbocycles. The predicted molar refractivity (Wildman–Crippen MR) is 421 cm³/mol. The van der Waals surface area contributed by atoms with Crippen LogP contribution in [0.25, 0.3) is 156 Å². The monoisotopic (exact) mass is 1370 g/mol. The fourth-order valence-electron chi connectivity index (χ4n) is 12.3. The van der Waals surface area contributed by atoms with Crippen molar-refractivity contribution in [2.45, 2.75) is 53.8 Å². The minimum absolute atomic E-state index is 0. The lowest BCUT2D eigenvalue weighted by Crippen LogP contribution is -2.41. The molecule has 496 valence electrons. The summed E-state index contributed by atoms with van der Waals surface area (Å²) >= 11 is 5.91. The highest BCUT2D eigenvalue weighted by atomic mass is 35.5. The summed E-state index contributed by atoms with van der Waals surface area (Å²) in [6.07, 6.45) is 8.00. The second kappa shape index (κ2) is 27.8. The molecule has 1 fully saturated rings. The van der Waals surface area contributed by atoms with Gasteiger partial charge in [-0.1, -0.05) is 233 Å². The van der Waals surface area contributed by atoms with Crippen molar-refractivity contribution >= 4 is 112 Å². The second-order valence-electron chi connectivity index (χ2n) is 23.9. The average molecular weight is 1370 g/mol. The van der Waals surface area contributed by atoms with Gasteiger partial charge in [0.05, 0.1) is 60.7 Å². The summed E-state index contributed by atoms with van der Waals surface area (Å²) in [5.74, 6) is -1.43. The zero-order chi connectivity index (χ0) is 85.5. The van der Waals surface area contributed by atoms with Crippen LogP contribution < -0.4 is 5.46 Å². The normalized spacial score (nSPS) is 15.7. The van der Waals surface area contributed by atoms with Crippen molar-refractivity contribution in [2.75, 3.05) is 0 Å². The Morgan fingerprint density at radius 1 is 0.353 bits per heavy atom. The number of halogens is 1. The van der Waals surface area contributed by atoms with Crippen molar-refractivity contribution in [1.82, 2.24) is 39.0 Å². The van der Waals surface area contributed by atoms with E-state index in [1.807, 2.05) is 66.7 Å². The molecule has 102 heavy (non-hydrogen) atoms. The lowest BCUT2D eigenvalue weighted by atomic mass is 9.79. The lowest BCUT2D eigenvalue weighted by molar-refractivity contribution is 0.00578. The van der Waals surface area contributed by atoms with Crippen LogP contribution >= 0.6 is 11.6 Å². The molecule has 6 aromatic heterocycles. The van der Waals surface area contributed by atoms with Crippen LogP contribution in [0.1, 0.15) is 70.0 Å². The van der Waals surface area contributed by atoms with E-state index >= 15 is 0 Å². The molecular weight excluding hydrogens is 1280 g/mol. The minimum atomic E-state index is -0.609. The minimum Gasteiger partial charge on any atom is -0.454 e. The summed E-state index contributed by atoms with van der Waals surface area (Å²) in [5, 5.41) is 8.23. The molecule has 19 rings (SSSR count). The Bertz CT molecular complexity index is 7080. The Kier molecular flexibility index (Phi) is 12.8. The highest BCUT2D eigenvalue weighted by molar-refractivity contribution is 6.62. The smallest absolute Gasteiger partial charge is 0.454 e. The number of hydrogen-bond donors (Lipinski definition) is 0. The van der Waals surface area contributed by atoms with E-state index in [1.54, 1.807) is 12.1 Å². The van der Waals surface area contributed by atoms with Gasteiger partial charge in [-0.25, -0.2) is 19.9 Å². The molecule has 14 heteroatoms. The van der Waals surface area contributed by atoms with Crippen LogP contribution in [0.15, 0.2) is 300 Å². The molecule has 0 unspecified atom stereocenters. The molecule has 0 aliphatic carbocycles. The van der Waals surface area contributed by atoms with Gasteiger partial charge in [0.1, 0.15) is 11.2 Å². The molecule has 1 saturated heterocycles. The summed E-state index contributed by atoms with van der Waals surface area (Å²) in [7, 11) is -0.380. The van der Waals surface area contributed by atoms with Gasteiger partial charge in [-0.2, -0.15) is 9.97 Å². The molecule has 1 aliphatic rings. The molecule has 0 N–H and O–H groups in total. The number of aromatic nitrogens is 8. The van der Waals surface area contributed by atoms with Gasteiger partial charge in [0.15, 0.2) is 40.3 Å². The molecule has 0 bridgehead atoms. The third-order valence-electron chi connectivity index (χ3n) is 17.6. The quantitative estimate of drug-likeness (QED) is 0.107. The van der Waals surface area contributed by atoms with Crippen molar-refractivity contribution in [3.05, 3.63) is 296 Å². The Balaban J connectivity index is 0.000000155. The SMILES string of the molecule is C.C.C#C.CC1(C)OB(c2ccc(-n3c4ccccc4c4ccc5c6ccccc6oc5c43)cc2)OC1(C)C.[2H]c1c([2H])c([2H])c(-c2nc(-c3ccc(-n4c5ccccc5c5ccc6c7ccccc7oc6c54)cc3)nc(-c3c([2H])c([2H])c([2H])c([2H])c3[2H])n2)c([2H])c1[2H].[2H]c1c([2H])c([2H])c(-c2nc(Cl)nc(-c3c([2H])c([2H])c([2H])c([2H])c3[2H])n2)c([2H])c1[2H]. The Labute approximate surface area is 624 Å². The fraction of sp³-hybridized carbons (Fsp3) is 0.0909. The molecule has 0 atom stereocenters. The van der Waals surface area contributed by atoms with Crippen LogP contribution in [0.3, 0.4) is 0 Å². The molecule has 12 nitrogen and oxygen atoms in total. The van der Waals surface area contributed by atoms with Gasteiger partial charge in [-0.05, 0) is 118 Å². The molecule has 0 amide bonds. The van der Waals surface area contributed by atoms with Gasteiger partial charge in [0.2, 0.25) is 5.28 Å². The molecule has 0 spiro atoms. The van der Waals surface area contributed by atoms with E-state index in [4.69, 9.17) is 57.2 Å². The topological polar surface area (TPSA) is 132 Å². The number of furan rings is 2. The van der Waals surface area contributed by atoms with E-state index < -0.39 is 126 Å². The third-order valence-corrected chi connectivity index (χ3v) is 17.7. The molecule has 18 aromatic rings. The number of hydrogen-bond acceptors (Lipinski definition) is 10. The van der Waals surface area contributed by atoms with Gasteiger partial charge in [0.25, 0.3) is 0 Å². The molecule has 7 heterocycles. The molecule has 0 saturated carbocycles. The first-order valence-electron chi connectivity index (χ1n) is 41.3. The number of para-hydroxylation sites is 4. The molecule has 1 aliphatic heterocycles. The van der Waals surface area contributed by atoms with Crippen LogP contribution in [0.4, 0.5) is 0 Å². The van der Waals surface area contributed by atoms with Crippen LogP contribution in [-0.2, 0) is 9.31 Å². The largest absolute Gasteiger partial charge is 0.494 e. The fourth-order valence-corrected chi connectivity index (χ4v) is 12.4. The average Bonchev–Trinajstić information content (AvgIpc) is 1.58. The maximum absolute atomic E-state index is 8.59. The van der Waals surface area contributed by atoms with E-state index in [9.17, 15) is 0 Å². The maximum atomic E-state index is 8.59. The Morgan fingerprint density at radius 3 is 1.05 bits per heavy atom. The van der Waals surface area contributed by atoms with Crippen molar-refractivity contribution in [3.8, 4) is 81.2 Å². The summed E-state index contributed by atoms with van der Waals surface area (Å²) in [6, 6.07) is 45.2. The lowest BCUT2D eigenvalue weighted by Gasteiger charge is -2.32. The van der Waals surface area contributed by atoms with Crippen LogP contribution in [0.5, 0.6) is 0 Å². The highest BCUT2D eigenvalue weighted by Gasteiger charge is 2.51. The first-order valence-corrected chi connectivity index (χ1v) is 31.7. The first kappa shape index (κ1) is 46.9. The Hall–Kier alpha value is -12.3. The van der Waals surface area contributed by atoms with E-state index in [0.29, 0.717) is 5.56 Å². The van der Waals surface area contributed by atoms with E-state index in [0.717, 1.165) is 93.6 Å². The summed E-state index contributed by atoms with van der Waals surface area (Å²) in [4.78, 5) is 25.1. The highest BCUT2D eigenvalue weighted by Crippen LogP contribution is 2.43. The number of fused-ring (bicyclic) bond motifs is 14. The zero-order valence-electron chi connectivity index (χ0n) is 73.5. The van der Waals surface area contributed by atoms with Crippen LogP contribution in [0, 0.1) is 12.8 Å². The summed E-state index contributed by atoms with van der Waals surface area (Å²) in [5.41, 5.74) is 8.60. The number of benzene rings is 12. The molecule has 0 radical (unpaired) electrons. The summed E-state index contributed by atoms with van der Waals surface area (Å²) in [6.45, 7) is 8.33. The van der Waals surface area contributed by atoms with Crippen molar-refractivity contribution in [1.29, 1.82) is 0 Å². The molecular formula is C88H70BClN8O4. The number of terminal acetylenes is 1. The predicted octanol–water partition coefficient (Wildman–Crippen LogP) is 22.2. The first-order chi connectivity index (χ1) is 57.3. The summed E-state index contributed by atoms with van der Waals surface area (Å²) < 4.78 is 192. The van der Waals surface area contributed by atoms with Crippen LogP contribution in [0.2, 0.25) is 5.28 Å². The van der Waals surface area contributed by atoms with Gasteiger partial charge >= 0.3 is 7.12 Å². The van der Waals surface area contributed by atoms with E-state index in [2.05, 4.69) is 171 Å². The van der Waals surface area contributed by atoms with E-state index in [-0.39, 0.29) is 84.5 Å². The van der Waals surface area contributed by atoms with Crippen molar-refractivity contribution in [3.63, 3.8) is 0 Å². The number of nitrogens with zero attached hydrogens (tertiary/aromatic N) is 8. The maximum Gasteiger partial charge on any atom is 0.494 e. The van der Waals surface area contributed by atoms with Gasteiger partial charge < -0.3 is 27.3 Å². The Morgan fingerprint density at radius 2 is 0.667 bits per heavy atom. The van der Waals surface area contributed by atoms with Crippen LogP contribution in [-0.4, -0.2) is 57.4 Å². The third kappa shape index (κ3) is 12.2. The standard InChI is InChI=1S/C39H24N4O.C30H26BNO3.C15H10ClN3.C2H2.2CH4/c1-3-11-25(12-4-1)37-40-38(26-13-5-2-6-14-26)42-39(41-37)27-19-21-28(22-20-27)43-33-17-9-7-15-29(33)31-23-24-32-30-16-8-10-18-34(30)44-36(32)35(31)43;1-29(2)30(3,4)35-31(34-29)19-13-15-20(16-14-19)32-25-11-7-5-9-21(25)23-17-18-24-22-10-6-8-12-26(22)33-28(24)27(23)32;16-15-18-13(11-7-3-1-4-8-11)17-14(19-15)12-9-5-2-6-10-12;1-2;;/h1-24H;5-18H,1-4H3;1-10H;1-2H;2*1H4/i1D,2D,3D,4D,5D,6D,11D,12D,13D,14D;;1D,2D,3D,4D,5D,6D,7D,8D,9D,10D;;;. The van der Waals surface area contributed by atoms with E-state index in [1.165, 1.54) is 10.8 Å². The number of rotatable bonds is 8.